The molecular formula is C15H18N2O. The monoisotopic (exact) mass is 242 g/mol. The smallest absolute Gasteiger partial charge is 0.251 e. The Labute approximate surface area is 108 Å². The Bertz CT molecular complexity index is 488. The second-order valence-electron chi connectivity index (χ2n) is 4.93. The molecule has 1 amide bonds. The molecule has 1 aliphatic rings. The molecule has 1 aromatic rings. The first-order valence-electron chi connectivity index (χ1n) is 6.50. The molecule has 1 atom stereocenters. The van der Waals surface area contributed by atoms with Crippen LogP contribution in [0, 0.1) is 17.2 Å². The van der Waals surface area contributed by atoms with E-state index in [-0.39, 0.29) is 11.8 Å². The van der Waals surface area contributed by atoms with Crippen molar-refractivity contribution in [2.24, 2.45) is 5.92 Å². The van der Waals surface area contributed by atoms with E-state index in [2.05, 4.69) is 17.5 Å². The highest BCUT2D eigenvalue weighted by atomic mass is 16.1. The van der Waals surface area contributed by atoms with E-state index in [4.69, 9.17) is 5.26 Å². The van der Waals surface area contributed by atoms with E-state index in [0.717, 1.165) is 12.8 Å². The molecule has 0 aromatic heterocycles. The molecule has 0 spiro atoms. The minimum absolute atomic E-state index is 0.0783. The lowest BCUT2D eigenvalue weighted by atomic mass is 9.90. The van der Waals surface area contributed by atoms with Gasteiger partial charge in [-0.25, -0.2) is 0 Å². The van der Waals surface area contributed by atoms with Crippen LogP contribution in [0.25, 0.3) is 0 Å². The molecule has 1 aliphatic carbocycles. The van der Waals surface area contributed by atoms with Crippen LogP contribution in [-0.2, 0) is 12.8 Å². The van der Waals surface area contributed by atoms with Crippen LogP contribution in [0.15, 0.2) is 18.2 Å². The third kappa shape index (κ3) is 2.89. The molecule has 3 heteroatoms. The first-order chi connectivity index (χ1) is 8.70. The van der Waals surface area contributed by atoms with Crippen LogP contribution < -0.4 is 5.32 Å². The van der Waals surface area contributed by atoms with Crippen molar-refractivity contribution in [3.8, 4) is 6.07 Å². The van der Waals surface area contributed by atoms with Gasteiger partial charge in [-0.3, -0.25) is 4.79 Å². The summed E-state index contributed by atoms with van der Waals surface area (Å²) in [6, 6.07) is 8.06. The first kappa shape index (κ1) is 12.6. The van der Waals surface area contributed by atoms with E-state index in [1.54, 1.807) is 6.92 Å². The molecule has 1 N–H and O–H groups in total. The molecule has 0 saturated carbocycles. The van der Waals surface area contributed by atoms with E-state index in [0.29, 0.717) is 12.1 Å². The second-order valence-corrected chi connectivity index (χ2v) is 4.93. The molecule has 0 aliphatic heterocycles. The maximum atomic E-state index is 11.9. The number of nitrogens with one attached hydrogen (secondary N) is 1. The Kier molecular flexibility index (Phi) is 3.99. The lowest BCUT2D eigenvalue weighted by molar-refractivity contribution is 0.0950. The van der Waals surface area contributed by atoms with Gasteiger partial charge in [-0.1, -0.05) is 6.07 Å². The van der Waals surface area contributed by atoms with Crippen LogP contribution in [0.2, 0.25) is 0 Å². The Balaban J connectivity index is 2.05. The number of carbonyl (C=O) groups is 1. The van der Waals surface area contributed by atoms with Crippen LogP contribution in [0.5, 0.6) is 0 Å². The van der Waals surface area contributed by atoms with Crippen LogP contribution in [0.4, 0.5) is 0 Å². The summed E-state index contributed by atoms with van der Waals surface area (Å²) in [5.41, 5.74) is 3.39. The maximum absolute atomic E-state index is 11.9. The van der Waals surface area contributed by atoms with E-state index in [1.165, 1.54) is 24.0 Å². The lowest BCUT2D eigenvalue weighted by Crippen LogP contribution is -2.28. The van der Waals surface area contributed by atoms with Crippen molar-refractivity contribution in [3.05, 3.63) is 34.9 Å². The van der Waals surface area contributed by atoms with Gasteiger partial charge in [0.05, 0.1) is 12.0 Å². The molecule has 1 aromatic carbocycles. The highest BCUT2D eigenvalue weighted by molar-refractivity contribution is 5.94. The zero-order chi connectivity index (χ0) is 13.0. The van der Waals surface area contributed by atoms with E-state index < -0.39 is 0 Å². The van der Waals surface area contributed by atoms with Gasteiger partial charge in [0.15, 0.2) is 0 Å². The van der Waals surface area contributed by atoms with Gasteiger partial charge in [0.25, 0.3) is 5.91 Å². The van der Waals surface area contributed by atoms with Gasteiger partial charge >= 0.3 is 0 Å². The summed E-state index contributed by atoms with van der Waals surface area (Å²) >= 11 is 0. The van der Waals surface area contributed by atoms with Gasteiger partial charge in [0.2, 0.25) is 0 Å². The van der Waals surface area contributed by atoms with Crippen molar-refractivity contribution >= 4 is 5.91 Å². The normalized spacial score (nSPS) is 15.3. The Morgan fingerprint density at radius 3 is 2.83 bits per heavy atom. The maximum Gasteiger partial charge on any atom is 0.251 e. The van der Waals surface area contributed by atoms with Crippen molar-refractivity contribution in [3.63, 3.8) is 0 Å². The van der Waals surface area contributed by atoms with Crippen LogP contribution in [0.1, 0.15) is 41.3 Å². The molecule has 0 radical (unpaired) electrons. The van der Waals surface area contributed by atoms with Crippen LogP contribution in [0.3, 0.4) is 0 Å². The third-order valence-corrected chi connectivity index (χ3v) is 3.40. The number of amides is 1. The fourth-order valence-corrected chi connectivity index (χ4v) is 2.27. The summed E-state index contributed by atoms with van der Waals surface area (Å²) in [6.07, 6.45) is 4.66. The van der Waals surface area contributed by atoms with Gasteiger partial charge in [-0.15, -0.1) is 0 Å². The minimum atomic E-state index is -0.147. The molecule has 0 heterocycles. The van der Waals surface area contributed by atoms with Gasteiger partial charge in [0.1, 0.15) is 0 Å². The molecule has 94 valence electrons. The average Bonchev–Trinajstić information content (AvgIpc) is 2.43. The molecule has 18 heavy (non-hydrogen) atoms. The van der Waals surface area contributed by atoms with E-state index in [9.17, 15) is 4.79 Å². The SMILES string of the molecule is CC(C#N)CNC(=O)c1ccc2c(c1)CCCC2. The summed E-state index contributed by atoms with van der Waals surface area (Å²) in [6.45, 7) is 2.21. The Hall–Kier alpha value is -1.82. The highest BCUT2D eigenvalue weighted by Crippen LogP contribution is 2.22. The number of nitriles is 1. The summed E-state index contributed by atoms with van der Waals surface area (Å²) < 4.78 is 0. The van der Waals surface area contributed by atoms with Crippen molar-refractivity contribution in [1.29, 1.82) is 5.26 Å². The highest BCUT2D eigenvalue weighted by Gasteiger charge is 2.13. The fourth-order valence-electron chi connectivity index (χ4n) is 2.27. The molecule has 1 unspecified atom stereocenters. The first-order valence-corrected chi connectivity index (χ1v) is 6.50. The van der Waals surface area contributed by atoms with Gasteiger partial charge < -0.3 is 5.32 Å². The summed E-state index contributed by atoms with van der Waals surface area (Å²) in [4.78, 5) is 11.9. The largest absolute Gasteiger partial charge is 0.351 e. The van der Waals surface area contributed by atoms with Gasteiger partial charge in [-0.2, -0.15) is 5.26 Å². The van der Waals surface area contributed by atoms with Crippen LogP contribution in [-0.4, -0.2) is 12.5 Å². The van der Waals surface area contributed by atoms with Gasteiger partial charge in [0, 0.05) is 12.1 Å². The molecule has 0 bridgehead atoms. The predicted molar refractivity (Wildman–Crippen MR) is 70.2 cm³/mol. The van der Waals surface area contributed by atoms with Crippen molar-refractivity contribution in [2.45, 2.75) is 32.6 Å². The number of aryl methyl sites for hydroxylation is 2. The topological polar surface area (TPSA) is 52.9 Å². The molecule has 0 fully saturated rings. The fraction of sp³-hybridized carbons (Fsp3) is 0.467. The second kappa shape index (κ2) is 5.68. The van der Waals surface area contributed by atoms with Crippen molar-refractivity contribution in [2.75, 3.05) is 6.54 Å². The van der Waals surface area contributed by atoms with Crippen molar-refractivity contribution in [1.82, 2.24) is 5.32 Å². The van der Waals surface area contributed by atoms with E-state index in [1.807, 2.05) is 12.1 Å². The molecular weight excluding hydrogens is 224 g/mol. The van der Waals surface area contributed by atoms with Gasteiger partial charge in [-0.05, 0) is 55.9 Å². The number of nitrogens with zero attached hydrogens (tertiary/aromatic N) is 1. The van der Waals surface area contributed by atoms with E-state index >= 15 is 0 Å². The Morgan fingerprint density at radius 2 is 2.11 bits per heavy atom. The molecule has 3 nitrogen and oxygen atoms in total. The third-order valence-electron chi connectivity index (χ3n) is 3.40. The summed E-state index contributed by atoms with van der Waals surface area (Å²) in [5, 5.41) is 11.5. The summed E-state index contributed by atoms with van der Waals surface area (Å²) in [7, 11) is 0. The minimum Gasteiger partial charge on any atom is -0.351 e. The zero-order valence-corrected chi connectivity index (χ0v) is 10.7. The number of carbonyl (C=O) groups excluding carboxylic acids is 1. The number of fused-ring (bicyclic) bond motifs is 1. The van der Waals surface area contributed by atoms with Crippen LogP contribution >= 0.6 is 0 Å². The Morgan fingerprint density at radius 1 is 1.39 bits per heavy atom. The number of hydrogen-bond donors (Lipinski definition) is 1. The number of rotatable bonds is 3. The number of hydrogen-bond acceptors (Lipinski definition) is 2. The quantitative estimate of drug-likeness (QED) is 0.885. The lowest BCUT2D eigenvalue weighted by Gasteiger charge is -2.16. The average molecular weight is 242 g/mol. The standard InChI is InChI=1S/C15H18N2O/c1-11(9-16)10-17-15(18)14-7-6-12-4-2-3-5-13(12)8-14/h6-8,11H,2-5,10H2,1H3,(H,17,18). The summed E-state index contributed by atoms with van der Waals surface area (Å²) in [5.74, 6) is -0.225. The predicted octanol–water partition coefficient (Wildman–Crippen LogP) is 2.45. The zero-order valence-electron chi connectivity index (χ0n) is 10.7. The number of benzene rings is 1. The molecule has 2 rings (SSSR count). The van der Waals surface area contributed by atoms with Crippen molar-refractivity contribution < 1.29 is 4.79 Å². The molecule has 0 saturated heterocycles.